The predicted molar refractivity (Wildman–Crippen MR) is 140 cm³/mol. The van der Waals surface area contributed by atoms with Crippen molar-refractivity contribution in [2.75, 3.05) is 30.5 Å². The van der Waals surface area contributed by atoms with Gasteiger partial charge in [0.1, 0.15) is 11.9 Å². The summed E-state index contributed by atoms with van der Waals surface area (Å²) in [6.07, 6.45) is 1.44. The first kappa shape index (κ1) is 26.6. The molecule has 0 aliphatic rings. The van der Waals surface area contributed by atoms with E-state index in [1.807, 2.05) is 62.4 Å². The number of hydrogen-bond donors (Lipinski definition) is 2. The van der Waals surface area contributed by atoms with Crippen molar-refractivity contribution in [1.82, 2.24) is 10.3 Å². The molecular weight excluding hydrogens is 456 g/mol. The average Bonchev–Trinajstić information content (AvgIpc) is 2.88. The summed E-state index contributed by atoms with van der Waals surface area (Å²) in [5, 5.41) is 5.56. The van der Waals surface area contributed by atoms with Crippen LogP contribution in [0.5, 0.6) is 0 Å². The van der Waals surface area contributed by atoms with Crippen LogP contribution in [0, 0.1) is 13.8 Å². The number of carbonyl (C=O) groups excluding carboxylic acids is 3. The molecule has 0 saturated carbocycles. The molecule has 0 aliphatic heterocycles. The van der Waals surface area contributed by atoms with E-state index in [4.69, 9.17) is 4.74 Å². The van der Waals surface area contributed by atoms with Gasteiger partial charge in [0.15, 0.2) is 0 Å². The predicted octanol–water partition coefficient (Wildman–Crippen LogP) is 3.95. The largest absolute Gasteiger partial charge is 0.383 e. The van der Waals surface area contributed by atoms with Gasteiger partial charge in [-0.3, -0.25) is 19.3 Å². The van der Waals surface area contributed by atoms with Crippen LogP contribution in [0.25, 0.3) is 0 Å². The van der Waals surface area contributed by atoms with Gasteiger partial charge in [-0.2, -0.15) is 0 Å². The van der Waals surface area contributed by atoms with Gasteiger partial charge < -0.3 is 15.4 Å². The minimum Gasteiger partial charge on any atom is -0.383 e. The van der Waals surface area contributed by atoms with Crippen LogP contribution in [0.2, 0.25) is 0 Å². The highest BCUT2D eigenvalue weighted by molar-refractivity contribution is 6.03. The fraction of sp³-hybridized carbons (Fsp3) is 0.286. The van der Waals surface area contributed by atoms with Crippen molar-refractivity contribution in [3.05, 3.63) is 89.6 Å². The van der Waals surface area contributed by atoms with Crippen LogP contribution < -0.4 is 15.5 Å². The molecule has 8 heteroatoms. The van der Waals surface area contributed by atoms with Crippen molar-refractivity contribution in [2.24, 2.45) is 0 Å². The van der Waals surface area contributed by atoms with Gasteiger partial charge in [0.2, 0.25) is 17.7 Å². The summed E-state index contributed by atoms with van der Waals surface area (Å²) in [6.45, 7) is 4.56. The van der Waals surface area contributed by atoms with Gasteiger partial charge in [0, 0.05) is 38.4 Å². The number of rotatable bonds is 11. The Bertz CT molecular complexity index is 1150. The van der Waals surface area contributed by atoms with Crippen LogP contribution in [-0.4, -0.2) is 43.0 Å². The fourth-order valence-corrected chi connectivity index (χ4v) is 3.66. The highest BCUT2D eigenvalue weighted by Crippen LogP contribution is 2.29. The van der Waals surface area contributed by atoms with Crippen LogP contribution in [-0.2, 0) is 19.1 Å². The Hall–Kier alpha value is -4.04. The number of amides is 3. The van der Waals surface area contributed by atoms with Crippen molar-refractivity contribution in [2.45, 2.75) is 32.7 Å². The Morgan fingerprint density at radius 1 is 0.917 bits per heavy atom. The Morgan fingerprint density at radius 3 is 2.19 bits per heavy atom. The lowest BCUT2D eigenvalue weighted by Gasteiger charge is -2.32. The van der Waals surface area contributed by atoms with E-state index in [0.717, 1.165) is 11.1 Å². The van der Waals surface area contributed by atoms with Gasteiger partial charge in [-0.25, -0.2) is 4.98 Å². The molecule has 8 nitrogen and oxygen atoms in total. The molecule has 0 bridgehead atoms. The summed E-state index contributed by atoms with van der Waals surface area (Å²) in [7, 11) is 1.56. The number of aromatic nitrogens is 1. The minimum atomic E-state index is -0.920. The lowest BCUT2D eigenvalue weighted by molar-refractivity contribution is -0.127. The van der Waals surface area contributed by atoms with Crippen LogP contribution >= 0.6 is 0 Å². The second-order valence-electron chi connectivity index (χ2n) is 8.46. The highest BCUT2D eigenvalue weighted by Gasteiger charge is 2.32. The lowest BCUT2D eigenvalue weighted by Crippen LogP contribution is -2.45. The summed E-state index contributed by atoms with van der Waals surface area (Å²) < 4.78 is 5.07. The van der Waals surface area contributed by atoms with Gasteiger partial charge in [0.25, 0.3) is 0 Å². The number of ether oxygens (including phenoxy) is 1. The Morgan fingerprint density at radius 2 is 1.58 bits per heavy atom. The molecule has 1 atom stereocenters. The molecule has 0 saturated heterocycles. The maximum Gasteiger partial charge on any atom is 0.247 e. The Balaban J connectivity index is 1.89. The van der Waals surface area contributed by atoms with Gasteiger partial charge in [0.05, 0.1) is 6.61 Å². The third kappa shape index (κ3) is 7.48. The van der Waals surface area contributed by atoms with Crippen molar-refractivity contribution >= 4 is 29.2 Å². The van der Waals surface area contributed by atoms with E-state index < -0.39 is 6.04 Å². The fourth-order valence-electron chi connectivity index (χ4n) is 3.66. The molecule has 0 aliphatic carbocycles. The molecule has 3 amide bonds. The SMILES string of the molecule is COCCNC(=O)[C@@H](c1ccc(C)cc1)N(C(=O)CCC(=O)Nc1ccccn1)c1ccc(C)cc1. The van der Waals surface area contributed by atoms with E-state index in [1.165, 1.54) is 4.90 Å². The average molecular weight is 489 g/mol. The number of benzene rings is 2. The Labute approximate surface area is 211 Å². The first-order chi connectivity index (χ1) is 17.4. The second kappa shape index (κ2) is 13.2. The zero-order chi connectivity index (χ0) is 25.9. The number of anilines is 2. The van der Waals surface area contributed by atoms with E-state index in [-0.39, 0.29) is 30.6 Å². The second-order valence-corrected chi connectivity index (χ2v) is 8.46. The summed E-state index contributed by atoms with van der Waals surface area (Å²) in [4.78, 5) is 45.1. The Kier molecular flexibility index (Phi) is 9.71. The van der Waals surface area contributed by atoms with E-state index >= 15 is 0 Å². The van der Waals surface area contributed by atoms with Crippen LogP contribution in [0.15, 0.2) is 72.9 Å². The summed E-state index contributed by atoms with van der Waals surface area (Å²) in [5.41, 5.74) is 3.31. The first-order valence-corrected chi connectivity index (χ1v) is 11.8. The van der Waals surface area contributed by atoms with Gasteiger partial charge in [-0.05, 0) is 43.7 Å². The molecule has 0 spiro atoms. The summed E-state index contributed by atoms with van der Waals surface area (Å²) in [5.74, 6) is -0.590. The van der Waals surface area contributed by atoms with E-state index in [1.54, 1.807) is 31.5 Å². The molecule has 1 heterocycles. The normalized spacial score (nSPS) is 11.4. The molecule has 36 heavy (non-hydrogen) atoms. The molecule has 1 aromatic heterocycles. The lowest BCUT2D eigenvalue weighted by atomic mass is 10.0. The first-order valence-electron chi connectivity index (χ1n) is 11.8. The van der Waals surface area contributed by atoms with Crippen molar-refractivity contribution in [1.29, 1.82) is 0 Å². The number of carbonyl (C=O) groups is 3. The number of aryl methyl sites for hydroxylation is 2. The molecule has 2 aromatic carbocycles. The van der Waals surface area contributed by atoms with Crippen molar-refractivity contribution in [3.8, 4) is 0 Å². The van der Waals surface area contributed by atoms with Crippen molar-refractivity contribution in [3.63, 3.8) is 0 Å². The molecule has 3 rings (SSSR count). The van der Waals surface area contributed by atoms with Crippen molar-refractivity contribution < 1.29 is 19.1 Å². The van der Waals surface area contributed by atoms with Gasteiger partial charge in [-0.1, -0.05) is 53.6 Å². The van der Waals surface area contributed by atoms with Gasteiger partial charge >= 0.3 is 0 Å². The zero-order valence-corrected chi connectivity index (χ0v) is 20.9. The monoisotopic (exact) mass is 488 g/mol. The number of nitrogens with one attached hydrogen (secondary N) is 2. The third-order valence-electron chi connectivity index (χ3n) is 5.58. The third-order valence-corrected chi connectivity index (χ3v) is 5.58. The molecule has 0 fully saturated rings. The van der Waals surface area contributed by atoms with E-state index in [0.29, 0.717) is 30.2 Å². The van der Waals surface area contributed by atoms with Gasteiger partial charge in [-0.15, -0.1) is 0 Å². The standard InChI is InChI=1S/C28H32N4O4/c1-20-7-11-22(12-8-20)27(28(35)30-18-19-36-3)32(23-13-9-21(2)10-14-23)26(34)16-15-25(33)31-24-6-4-5-17-29-24/h4-14,17,27H,15-16,18-19H2,1-3H3,(H,30,35)(H,29,31,33)/t27-/m1/s1. The topological polar surface area (TPSA) is 101 Å². The summed E-state index contributed by atoms with van der Waals surface area (Å²) >= 11 is 0. The quantitative estimate of drug-likeness (QED) is 0.398. The molecule has 0 radical (unpaired) electrons. The molecular formula is C28H32N4O4. The highest BCUT2D eigenvalue weighted by atomic mass is 16.5. The summed E-state index contributed by atoms with van der Waals surface area (Å²) in [6, 6.07) is 19.2. The molecule has 188 valence electrons. The van der Waals surface area contributed by atoms with E-state index in [9.17, 15) is 14.4 Å². The molecule has 0 unspecified atom stereocenters. The molecule has 2 N–H and O–H groups in total. The number of nitrogens with zero attached hydrogens (tertiary/aromatic N) is 2. The maximum atomic E-state index is 13.6. The van der Waals surface area contributed by atoms with Crippen LogP contribution in [0.4, 0.5) is 11.5 Å². The molecule has 3 aromatic rings. The zero-order valence-electron chi connectivity index (χ0n) is 20.9. The number of pyridine rings is 1. The number of hydrogen-bond acceptors (Lipinski definition) is 5. The maximum absolute atomic E-state index is 13.6. The van der Waals surface area contributed by atoms with Crippen LogP contribution in [0.3, 0.4) is 0 Å². The van der Waals surface area contributed by atoms with Crippen LogP contribution in [0.1, 0.15) is 35.6 Å². The van der Waals surface area contributed by atoms with E-state index in [2.05, 4.69) is 15.6 Å². The minimum absolute atomic E-state index is 0.0519. The smallest absolute Gasteiger partial charge is 0.247 e. The number of methoxy groups -OCH3 is 1.